The monoisotopic (exact) mass is 277 g/mol. The van der Waals surface area contributed by atoms with Crippen molar-refractivity contribution in [3.63, 3.8) is 0 Å². The van der Waals surface area contributed by atoms with Crippen LogP contribution in [0.15, 0.2) is 42.5 Å². The minimum Gasteiger partial charge on any atom is -0.477 e. The lowest BCUT2D eigenvalue weighted by atomic mass is 9.98. The lowest BCUT2D eigenvalue weighted by Crippen LogP contribution is -1.99. The van der Waals surface area contributed by atoms with Gasteiger partial charge in [-0.05, 0) is 42.0 Å². The average Bonchev–Trinajstić information content (AvgIpc) is 3.10. The van der Waals surface area contributed by atoms with Crippen molar-refractivity contribution in [3.8, 4) is 11.1 Å². The average molecular weight is 277 g/mol. The number of aromatic amines is 1. The summed E-state index contributed by atoms with van der Waals surface area (Å²) >= 11 is 0. The normalized spacial score (nSPS) is 13.5. The molecule has 3 nitrogen and oxygen atoms in total. The van der Waals surface area contributed by atoms with E-state index in [4.69, 9.17) is 0 Å². The van der Waals surface area contributed by atoms with E-state index in [1.165, 1.54) is 17.5 Å². The highest BCUT2D eigenvalue weighted by atomic mass is 16.4. The van der Waals surface area contributed by atoms with E-state index in [-0.39, 0.29) is 5.69 Å². The number of carboxylic acids is 1. The lowest BCUT2D eigenvalue weighted by molar-refractivity contribution is 0.0692. The number of hydrogen-bond donors (Lipinski definition) is 2. The number of carbonyl (C=O) groups is 1. The molecule has 1 aliphatic carbocycles. The van der Waals surface area contributed by atoms with E-state index in [1.807, 2.05) is 30.3 Å². The molecule has 0 aliphatic heterocycles. The molecule has 3 heteroatoms. The van der Waals surface area contributed by atoms with E-state index in [0.717, 1.165) is 34.9 Å². The van der Waals surface area contributed by atoms with E-state index >= 15 is 0 Å². The van der Waals surface area contributed by atoms with Crippen LogP contribution in [0.3, 0.4) is 0 Å². The lowest BCUT2D eigenvalue weighted by Gasteiger charge is -2.06. The Morgan fingerprint density at radius 3 is 2.71 bits per heavy atom. The number of hydrogen-bond acceptors (Lipinski definition) is 1. The van der Waals surface area contributed by atoms with Crippen molar-refractivity contribution in [2.75, 3.05) is 0 Å². The van der Waals surface area contributed by atoms with Gasteiger partial charge in [-0.25, -0.2) is 4.79 Å². The molecular weight excluding hydrogens is 262 g/mol. The molecule has 0 fully saturated rings. The van der Waals surface area contributed by atoms with E-state index in [2.05, 4.69) is 17.1 Å². The number of nitrogens with one attached hydrogen (secondary N) is 1. The number of aryl methyl sites for hydroxylation is 2. The van der Waals surface area contributed by atoms with Gasteiger partial charge in [0.25, 0.3) is 0 Å². The Morgan fingerprint density at radius 2 is 1.86 bits per heavy atom. The summed E-state index contributed by atoms with van der Waals surface area (Å²) in [5.41, 5.74) is 5.68. The van der Waals surface area contributed by atoms with Gasteiger partial charge >= 0.3 is 5.97 Å². The van der Waals surface area contributed by atoms with Gasteiger partial charge in [0, 0.05) is 16.5 Å². The highest BCUT2D eigenvalue weighted by molar-refractivity contribution is 6.07. The van der Waals surface area contributed by atoms with Crippen LogP contribution in [-0.2, 0) is 12.8 Å². The Bertz CT molecular complexity index is 861. The third-order valence-electron chi connectivity index (χ3n) is 4.31. The van der Waals surface area contributed by atoms with Crippen molar-refractivity contribution < 1.29 is 9.90 Å². The first-order chi connectivity index (χ1) is 10.2. The third kappa shape index (κ3) is 1.85. The van der Waals surface area contributed by atoms with Crippen LogP contribution in [0.2, 0.25) is 0 Å². The quantitative estimate of drug-likeness (QED) is 0.743. The van der Waals surface area contributed by atoms with Crippen molar-refractivity contribution in [2.45, 2.75) is 19.3 Å². The van der Waals surface area contributed by atoms with Crippen LogP contribution in [0.1, 0.15) is 28.0 Å². The molecule has 1 heterocycles. The maximum atomic E-state index is 11.6. The Labute approximate surface area is 122 Å². The van der Waals surface area contributed by atoms with Crippen LogP contribution in [0.4, 0.5) is 0 Å². The van der Waals surface area contributed by atoms with Crippen molar-refractivity contribution >= 4 is 16.9 Å². The van der Waals surface area contributed by atoms with E-state index < -0.39 is 5.97 Å². The fourth-order valence-corrected chi connectivity index (χ4v) is 3.33. The van der Waals surface area contributed by atoms with E-state index in [0.29, 0.717) is 0 Å². The molecule has 2 N–H and O–H groups in total. The number of fused-ring (bicyclic) bond motifs is 2. The van der Waals surface area contributed by atoms with Crippen LogP contribution in [0, 0.1) is 0 Å². The standard InChI is InChI=1S/C18H15NO2/c20-18(21)17-16(14-6-1-2-7-15(14)19-17)13-9-8-11-4-3-5-12(11)10-13/h1-2,6-10,19H,3-5H2,(H,20,21). The molecule has 4 rings (SSSR count). The Balaban J connectivity index is 2.00. The molecule has 0 radical (unpaired) electrons. The summed E-state index contributed by atoms with van der Waals surface area (Å²) in [4.78, 5) is 14.6. The second-order valence-electron chi connectivity index (χ2n) is 5.56. The molecule has 0 bridgehead atoms. The minimum absolute atomic E-state index is 0.272. The minimum atomic E-state index is -0.915. The second-order valence-corrected chi connectivity index (χ2v) is 5.56. The van der Waals surface area contributed by atoms with Crippen molar-refractivity contribution in [1.29, 1.82) is 0 Å². The zero-order chi connectivity index (χ0) is 14.4. The Hall–Kier alpha value is -2.55. The molecule has 0 unspecified atom stereocenters. The van der Waals surface area contributed by atoms with Gasteiger partial charge in [0.15, 0.2) is 0 Å². The predicted octanol–water partition coefficient (Wildman–Crippen LogP) is 4.02. The molecule has 3 aromatic rings. The highest BCUT2D eigenvalue weighted by Crippen LogP contribution is 2.35. The van der Waals surface area contributed by atoms with Gasteiger partial charge in [-0.2, -0.15) is 0 Å². The smallest absolute Gasteiger partial charge is 0.352 e. The number of H-pyrrole nitrogens is 1. The summed E-state index contributed by atoms with van der Waals surface area (Å²) in [5, 5.41) is 10.5. The summed E-state index contributed by atoms with van der Waals surface area (Å²) in [6, 6.07) is 14.1. The molecule has 1 aromatic heterocycles. The first-order valence-corrected chi connectivity index (χ1v) is 7.20. The Morgan fingerprint density at radius 1 is 1.05 bits per heavy atom. The molecule has 2 aromatic carbocycles. The number of aromatic carboxylic acids is 1. The van der Waals surface area contributed by atoms with Crippen LogP contribution in [0.25, 0.3) is 22.0 Å². The number of carboxylic acid groups (broad SMARTS) is 1. The van der Waals surface area contributed by atoms with Gasteiger partial charge in [0.2, 0.25) is 0 Å². The zero-order valence-electron chi connectivity index (χ0n) is 11.5. The summed E-state index contributed by atoms with van der Waals surface area (Å²) in [6.07, 6.45) is 3.42. The summed E-state index contributed by atoms with van der Waals surface area (Å²) in [5.74, 6) is -0.915. The van der Waals surface area contributed by atoms with Gasteiger partial charge in [-0.15, -0.1) is 0 Å². The third-order valence-corrected chi connectivity index (χ3v) is 4.31. The van der Waals surface area contributed by atoms with Gasteiger partial charge < -0.3 is 10.1 Å². The molecule has 0 spiro atoms. The SMILES string of the molecule is O=C(O)c1[nH]c2ccccc2c1-c1ccc2c(c1)CCC2. The van der Waals surface area contributed by atoms with Crippen molar-refractivity contribution in [2.24, 2.45) is 0 Å². The van der Waals surface area contributed by atoms with Gasteiger partial charge in [0.05, 0.1) is 0 Å². The fourth-order valence-electron chi connectivity index (χ4n) is 3.33. The van der Waals surface area contributed by atoms with Gasteiger partial charge in [-0.3, -0.25) is 0 Å². The fraction of sp³-hybridized carbons (Fsp3) is 0.167. The second kappa shape index (κ2) is 4.48. The number of aromatic nitrogens is 1. The van der Waals surface area contributed by atoms with Crippen molar-refractivity contribution in [1.82, 2.24) is 4.98 Å². The summed E-state index contributed by atoms with van der Waals surface area (Å²) in [7, 11) is 0. The molecule has 0 saturated carbocycles. The number of benzene rings is 2. The van der Waals surface area contributed by atoms with Crippen molar-refractivity contribution in [3.05, 3.63) is 59.3 Å². The number of rotatable bonds is 2. The van der Waals surface area contributed by atoms with Gasteiger partial charge in [-0.1, -0.05) is 36.4 Å². The molecule has 21 heavy (non-hydrogen) atoms. The summed E-state index contributed by atoms with van der Waals surface area (Å²) < 4.78 is 0. The van der Waals surface area contributed by atoms with Crippen LogP contribution in [0.5, 0.6) is 0 Å². The summed E-state index contributed by atoms with van der Waals surface area (Å²) in [6.45, 7) is 0. The highest BCUT2D eigenvalue weighted by Gasteiger charge is 2.20. The molecule has 0 amide bonds. The largest absolute Gasteiger partial charge is 0.477 e. The maximum absolute atomic E-state index is 11.6. The Kier molecular flexibility index (Phi) is 2.61. The molecule has 1 aliphatic rings. The molecular formula is C18H15NO2. The van der Waals surface area contributed by atoms with E-state index in [1.54, 1.807) is 0 Å². The molecule has 0 atom stereocenters. The first kappa shape index (κ1) is 12.2. The molecule has 104 valence electrons. The van der Waals surface area contributed by atoms with Gasteiger partial charge in [0.1, 0.15) is 5.69 Å². The van der Waals surface area contributed by atoms with Crippen LogP contribution >= 0.6 is 0 Å². The van der Waals surface area contributed by atoms with Crippen LogP contribution in [-0.4, -0.2) is 16.1 Å². The maximum Gasteiger partial charge on any atom is 0.352 e. The van der Waals surface area contributed by atoms with Crippen LogP contribution < -0.4 is 0 Å². The number of para-hydroxylation sites is 1. The first-order valence-electron chi connectivity index (χ1n) is 7.20. The molecule has 0 saturated heterocycles. The zero-order valence-corrected chi connectivity index (χ0v) is 11.5. The topological polar surface area (TPSA) is 53.1 Å². The predicted molar refractivity (Wildman–Crippen MR) is 82.7 cm³/mol. The van der Waals surface area contributed by atoms with E-state index in [9.17, 15) is 9.90 Å².